The minimum absolute atomic E-state index is 0.124. The highest BCUT2D eigenvalue weighted by Crippen LogP contribution is 2.14. The van der Waals surface area contributed by atoms with E-state index in [0.717, 1.165) is 5.69 Å². The van der Waals surface area contributed by atoms with Gasteiger partial charge in [-0.3, -0.25) is 9.36 Å². The Bertz CT molecular complexity index is 1080. The number of hydrogen-bond donors (Lipinski definition) is 1. The predicted molar refractivity (Wildman–Crippen MR) is 90.5 cm³/mol. The van der Waals surface area contributed by atoms with Crippen molar-refractivity contribution < 1.29 is 9.21 Å². The number of aromatic nitrogens is 4. The number of fused-ring (bicyclic) bond motifs is 1. The van der Waals surface area contributed by atoms with Gasteiger partial charge in [-0.1, -0.05) is 12.1 Å². The Morgan fingerprint density at radius 1 is 1.12 bits per heavy atom. The van der Waals surface area contributed by atoms with Crippen LogP contribution in [0.5, 0.6) is 0 Å². The minimum Gasteiger partial charge on any atom is -0.408 e. The van der Waals surface area contributed by atoms with Crippen LogP contribution >= 0.6 is 0 Å². The molecule has 0 fully saturated rings. The van der Waals surface area contributed by atoms with Gasteiger partial charge < -0.3 is 9.73 Å². The number of oxazole rings is 1. The Morgan fingerprint density at radius 3 is 2.68 bits per heavy atom. The summed E-state index contributed by atoms with van der Waals surface area (Å²) in [7, 11) is 0. The molecule has 4 rings (SSSR count). The summed E-state index contributed by atoms with van der Waals surface area (Å²) in [5.74, 6) is -0.875. The van der Waals surface area contributed by atoms with Crippen LogP contribution in [-0.4, -0.2) is 25.2 Å². The molecule has 0 aliphatic carbocycles. The lowest BCUT2D eigenvalue weighted by Crippen LogP contribution is -2.24. The predicted octanol–water partition coefficient (Wildman–Crippen LogP) is 1.81. The van der Waals surface area contributed by atoms with Gasteiger partial charge in [0.1, 0.15) is 19.2 Å². The van der Waals surface area contributed by atoms with E-state index in [9.17, 15) is 9.59 Å². The summed E-state index contributed by atoms with van der Waals surface area (Å²) >= 11 is 0. The summed E-state index contributed by atoms with van der Waals surface area (Å²) in [4.78, 5) is 28.0. The van der Waals surface area contributed by atoms with E-state index in [2.05, 4.69) is 15.4 Å². The summed E-state index contributed by atoms with van der Waals surface area (Å²) in [6.45, 7) is -0.124. The van der Waals surface area contributed by atoms with Crippen molar-refractivity contribution in [1.82, 2.24) is 19.3 Å². The van der Waals surface area contributed by atoms with Crippen LogP contribution in [0.4, 0.5) is 5.69 Å². The monoisotopic (exact) mass is 335 g/mol. The normalized spacial score (nSPS) is 10.9. The average Bonchev–Trinajstić information content (AvgIpc) is 3.25. The molecule has 8 nitrogen and oxygen atoms in total. The van der Waals surface area contributed by atoms with E-state index in [0.29, 0.717) is 16.8 Å². The number of amides is 1. The number of rotatable bonds is 4. The molecule has 4 aromatic rings. The second kappa shape index (κ2) is 6.08. The Balaban J connectivity index is 1.50. The number of nitrogens with one attached hydrogen (secondary N) is 1. The Kier molecular flexibility index (Phi) is 3.62. The first kappa shape index (κ1) is 14.9. The Labute approximate surface area is 141 Å². The van der Waals surface area contributed by atoms with Crippen molar-refractivity contribution in [3.8, 4) is 5.69 Å². The van der Waals surface area contributed by atoms with Crippen molar-refractivity contribution in [2.24, 2.45) is 0 Å². The molecule has 8 heteroatoms. The molecule has 1 N–H and O–H groups in total. The maximum atomic E-state index is 12.2. The lowest BCUT2D eigenvalue weighted by Gasteiger charge is -2.07. The average molecular weight is 335 g/mol. The first-order valence-electron chi connectivity index (χ1n) is 7.54. The van der Waals surface area contributed by atoms with E-state index in [4.69, 9.17) is 4.42 Å². The first-order chi connectivity index (χ1) is 12.2. The third-order valence-corrected chi connectivity index (χ3v) is 3.71. The number of nitrogens with zero attached hydrogens (tertiary/aromatic N) is 4. The molecule has 0 spiro atoms. The van der Waals surface area contributed by atoms with Gasteiger partial charge in [0.2, 0.25) is 5.91 Å². The number of anilines is 1. The summed E-state index contributed by atoms with van der Waals surface area (Å²) in [5, 5.41) is 6.79. The highest BCUT2D eigenvalue weighted by molar-refractivity contribution is 5.91. The van der Waals surface area contributed by atoms with Crippen LogP contribution in [-0.2, 0) is 11.3 Å². The highest BCUT2D eigenvalue weighted by atomic mass is 16.4. The van der Waals surface area contributed by atoms with Crippen molar-refractivity contribution in [3.05, 3.63) is 71.7 Å². The van der Waals surface area contributed by atoms with Crippen LogP contribution in [0.1, 0.15) is 0 Å². The van der Waals surface area contributed by atoms with Crippen molar-refractivity contribution in [1.29, 1.82) is 0 Å². The molecule has 1 amide bonds. The van der Waals surface area contributed by atoms with Crippen LogP contribution in [0.2, 0.25) is 0 Å². The molecule has 0 aliphatic rings. The van der Waals surface area contributed by atoms with Crippen molar-refractivity contribution in [2.45, 2.75) is 6.54 Å². The number of carbonyl (C=O) groups is 1. The summed E-state index contributed by atoms with van der Waals surface area (Å²) in [6.07, 6.45) is 3.03. The molecule has 0 atom stereocenters. The van der Waals surface area contributed by atoms with E-state index in [-0.39, 0.29) is 12.5 Å². The standard InChI is InChI=1S/C17H13N5O3/c23-16(9-21-14-3-1-2-4-15(14)25-17(21)24)20-12-5-7-13(8-6-12)22-11-18-10-19-22/h1-8,10-11H,9H2,(H,20,23). The van der Waals surface area contributed by atoms with Gasteiger partial charge in [0.25, 0.3) is 0 Å². The highest BCUT2D eigenvalue weighted by Gasteiger charge is 2.12. The summed E-state index contributed by atoms with van der Waals surface area (Å²) in [6, 6.07) is 14.1. The Hall–Kier alpha value is -3.68. The lowest BCUT2D eigenvalue weighted by molar-refractivity contribution is -0.116. The van der Waals surface area contributed by atoms with Crippen LogP contribution < -0.4 is 11.1 Å². The number of para-hydroxylation sites is 2. The fourth-order valence-electron chi connectivity index (χ4n) is 2.55. The molecule has 2 aromatic carbocycles. The maximum absolute atomic E-state index is 12.2. The van der Waals surface area contributed by atoms with Gasteiger partial charge in [0, 0.05) is 5.69 Å². The van der Waals surface area contributed by atoms with E-state index in [1.807, 2.05) is 12.1 Å². The molecular formula is C17H13N5O3. The maximum Gasteiger partial charge on any atom is 0.420 e. The van der Waals surface area contributed by atoms with E-state index in [1.54, 1.807) is 47.4 Å². The number of benzene rings is 2. The van der Waals surface area contributed by atoms with Crippen LogP contribution in [0.15, 0.2) is 70.4 Å². The van der Waals surface area contributed by atoms with E-state index >= 15 is 0 Å². The zero-order chi connectivity index (χ0) is 17.2. The molecule has 2 heterocycles. The largest absolute Gasteiger partial charge is 0.420 e. The van der Waals surface area contributed by atoms with Gasteiger partial charge in [-0.05, 0) is 36.4 Å². The second-order valence-corrected chi connectivity index (χ2v) is 5.36. The topological polar surface area (TPSA) is 94.9 Å². The quantitative estimate of drug-likeness (QED) is 0.614. The SMILES string of the molecule is O=C(Cn1c(=O)oc2ccccc21)Nc1ccc(-n2cncn2)cc1. The van der Waals surface area contributed by atoms with Gasteiger partial charge in [-0.2, -0.15) is 5.10 Å². The van der Waals surface area contributed by atoms with E-state index < -0.39 is 5.76 Å². The van der Waals surface area contributed by atoms with Crippen molar-refractivity contribution in [2.75, 3.05) is 5.32 Å². The fourth-order valence-corrected chi connectivity index (χ4v) is 2.55. The smallest absolute Gasteiger partial charge is 0.408 e. The lowest BCUT2D eigenvalue weighted by atomic mass is 10.3. The molecule has 2 aromatic heterocycles. The number of hydrogen-bond acceptors (Lipinski definition) is 5. The molecule has 0 aliphatic heterocycles. The zero-order valence-corrected chi connectivity index (χ0v) is 13.0. The van der Waals surface area contributed by atoms with Crippen LogP contribution in [0, 0.1) is 0 Å². The van der Waals surface area contributed by atoms with Gasteiger partial charge >= 0.3 is 5.76 Å². The van der Waals surface area contributed by atoms with Crippen LogP contribution in [0.3, 0.4) is 0 Å². The molecule has 0 saturated heterocycles. The second-order valence-electron chi connectivity index (χ2n) is 5.36. The summed E-state index contributed by atoms with van der Waals surface area (Å²) < 4.78 is 8.03. The molecule has 124 valence electrons. The number of carbonyl (C=O) groups excluding carboxylic acids is 1. The zero-order valence-electron chi connectivity index (χ0n) is 13.0. The minimum atomic E-state index is -0.558. The molecule has 0 radical (unpaired) electrons. The molecule has 0 bridgehead atoms. The van der Waals surface area contributed by atoms with E-state index in [1.165, 1.54) is 10.9 Å². The summed E-state index contributed by atoms with van der Waals surface area (Å²) in [5.41, 5.74) is 2.49. The van der Waals surface area contributed by atoms with Gasteiger partial charge in [-0.25, -0.2) is 14.5 Å². The third kappa shape index (κ3) is 2.92. The molecule has 25 heavy (non-hydrogen) atoms. The van der Waals surface area contributed by atoms with Crippen molar-refractivity contribution >= 4 is 22.7 Å². The first-order valence-corrected chi connectivity index (χ1v) is 7.54. The molecule has 0 unspecified atom stereocenters. The van der Waals surface area contributed by atoms with Gasteiger partial charge in [0.15, 0.2) is 5.58 Å². The third-order valence-electron chi connectivity index (χ3n) is 3.71. The van der Waals surface area contributed by atoms with Gasteiger partial charge in [0.05, 0.1) is 11.2 Å². The van der Waals surface area contributed by atoms with Gasteiger partial charge in [-0.15, -0.1) is 0 Å². The molecular weight excluding hydrogens is 322 g/mol. The molecule has 0 saturated carbocycles. The van der Waals surface area contributed by atoms with Crippen LogP contribution in [0.25, 0.3) is 16.8 Å². The van der Waals surface area contributed by atoms with Crippen molar-refractivity contribution in [3.63, 3.8) is 0 Å². The fraction of sp³-hybridized carbons (Fsp3) is 0.0588. The Morgan fingerprint density at radius 2 is 1.92 bits per heavy atom.